The smallest absolute Gasteiger partial charge is 0.374 e. The van der Waals surface area contributed by atoms with Crippen LogP contribution in [0, 0.1) is 0 Å². The summed E-state index contributed by atoms with van der Waals surface area (Å²) in [7, 11) is 0. The Bertz CT molecular complexity index is 682. The van der Waals surface area contributed by atoms with Crippen LogP contribution in [0.15, 0.2) is 0 Å². The maximum atomic E-state index is 4.40. The van der Waals surface area contributed by atoms with E-state index in [4.69, 9.17) is 0 Å². The summed E-state index contributed by atoms with van der Waals surface area (Å²) in [6.07, 6.45) is 0. The molecule has 0 aliphatic carbocycles. The van der Waals surface area contributed by atoms with Gasteiger partial charge in [0.25, 0.3) is 0 Å². The van der Waals surface area contributed by atoms with Crippen molar-refractivity contribution in [2.45, 2.75) is 161 Å². The molecule has 240 valence electrons. The fourth-order valence-electron chi connectivity index (χ4n) is 3.24. The molecule has 0 radical (unpaired) electrons. The van der Waals surface area contributed by atoms with Gasteiger partial charge < -0.3 is 20.0 Å². The van der Waals surface area contributed by atoms with Crippen molar-refractivity contribution in [1.29, 1.82) is 0 Å². The summed E-state index contributed by atoms with van der Waals surface area (Å²) in [5, 5.41) is 17.2. The molecule has 4 N–H and O–H groups in total. The zero-order valence-electron chi connectivity index (χ0n) is 32.0. The van der Waals surface area contributed by atoms with Gasteiger partial charge in [-0.2, -0.15) is 0 Å². The van der Waals surface area contributed by atoms with Gasteiger partial charge in [0.2, 0.25) is 0 Å². The third-order valence-corrected chi connectivity index (χ3v) is 3.77. The van der Waals surface area contributed by atoms with E-state index in [0.29, 0.717) is 0 Å². The third-order valence-electron chi connectivity index (χ3n) is 3.77. The first-order chi connectivity index (χ1) is 17.8. The number of hydrogen-bond donors (Lipinski definition) is 4. The third kappa shape index (κ3) is 58.9. The van der Waals surface area contributed by atoms with Crippen molar-refractivity contribution >= 4 is 69.4 Å². The Morgan fingerprint density at radius 1 is 0.452 bits per heavy atom. The molecule has 0 spiro atoms. The molecule has 0 atom stereocenters. The Morgan fingerprint density at radius 3 is 0.833 bits per heavy atom. The van der Waals surface area contributed by atoms with Crippen LogP contribution in [0.1, 0.15) is 138 Å². The summed E-state index contributed by atoms with van der Waals surface area (Å²) >= 11 is 0. The molecule has 42 heavy (non-hydrogen) atoms. The second-order valence-electron chi connectivity index (χ2n) is 13.7. The van der Waals surface area contributed by atoms with Crippen molar-refractivity contribution in [3.8, 4) is 0 Å². The fraction of sp³-hybridized carbons (Fsp3) is 0.875. The fourth-order valence-corrected chi connectivity index (χ4v) is 3.24. The summed E-state index contributed by atoms with van der Waals surface area (Å²) in [5.74, 6) is 4.09. The molecule has 0 saturated carbocycles. The van der Waals surface area contributed by atoms with Crippen molar-refractivity contribution in [3.63, 3.8) is 0 Å². The first-order valence-electron chi connectivity index (χ1n) is 15.0. The van der Waals surface area contributed by atoms with Gasteiger partial charge in [-0.05, 0) is 138 Å². The number of rotatable bonds is 4. The van der Waals surface area contributed by atoms with E-state index in [9.17, 15) is 0 Å². The molecule has 10 heteroatoms. The molecular weight excluding hydrogens is 545 g/mol. The first-order valence-corrected chi connectivity index (χ1v) is 15.0. The zero-order valence-corrected chi connectivity index (χ0v) is 34.9. The first kappa shape index (κ1) is 53.9. The van der Waals surface area contributed by atoms with Gasteiger partial charge in [0.1, 0.15) is 0 Å². The minimum absolute atomic E-state index is 0. The second-order valence-corrected chi connectivity index (χ2v) is 13.7. The van der Waals surface area contributed by atoms with Gasteiger partial charge in [0, 0.05) is 37.3 Å². The van der Waals surface area contributed by atoms with E-state index in [1.807, 2.05) is 41.5 Å². The standard InChI is InChI=1S/4C8H17N2.2Mg/c4*1-6-9-7(2)10-8(3,4)5;;/h4*6H2,1-5H3;;/q4*-1;2*+2/p+4. The van der Waals surface area contributed by atoms with Gasteiger partial charge in [0.05, 0.1) is 34.4 Å². The van der Waals surface area contributed by atoms with Crippen LogP contribution in [0.25, 0.3) is 21.3 Å². The maximum Gasteiger partial charge on any atom is 2.00 e. The minimum atomic E-state index is 0. The Morgan fingerprint density at radius 2 is 0.690 bits per heavy atom. The maximum absolute atomic E-state index is 4.40. The van der Waals surface area contributed by atoms with E-state index >= 15 is 0 Å². The van der Waals surface area contributed by atoms with Gasteiger partial charge in [0.15, 0.2) is 0 Å². The van der Waals surface area contributed by atoms with Crippen molar-refractivity contribution in [2.75, 3.05) is 26.2 Å². The van der Waals surface area contributed by atoms with Crippen LogP contribution in [-0.4, -0.2) is 118 Å². The Balaban J connectivity index is -0.000000101. The summed E-state index contributed by atoms with van der Waals surface area (Å²) < 4.78 is 0. The topological polar surface area (TPSA) is 112 Å². The molecule has 0 bridgehead atoms. The predicted molar refractivity (Wildman–Crippen MR) is 193 cm³/mol. The Labute approximate surface area is 295 Å². The molecule has 0 heterocycles. The largest absolute Gasteiger partial charge is 2.00 e. The molecule has 0 aliphatic heterocycles. The van der Waals surface area contributed by atoms with Gasteiger partial charge in [-0.3, -0.25) is 21.3 Å². The van der Waals surface area contributed by atoms with E-state index in [1.54, 1.807) is 0 Å². The predicted octanol–water partition coefficient (Wildman–Crippen LogP) is 1.95. The molecule has 0 aromatic rings. The minimum Gasteiger partial charge on any atom is -0.374 e. The molecule has 0 aromatic heterocycles. The number of amidine groups is 4. The average Bonchev–Trinajstić information content (AvgIpc) is 2.64. The Hall–Kier alpha value is -0.588. The number of nitrogens with zero attached hydrogens (tertiary/aromatic N) is 4. The summed E-state index contributed by atoms with van der Waals surface area (Å²) in [6, 6.07) is 0. The van der Waals surface area contributed by atoms with E-state index in [2.05, 4.69) is 138 Å². The van der Waals surface area contributed by atoms with Gasteiger partial charge in [-0.1, -0.05) is 0 Å². The van der Waals surface area contributed by atoms with Crippen LogP contribution in [-0.2, 0) is 0 Å². The average molecular weight is 618 g/mol. The number of nitrogens with one attached hydrogen (secondary N) is 4. The molecule has 0 unspecified atom stereocenters. The van der Waals surface area contributed by atoms with Crippen LogP contribution in [0.5, 0.6) is 0 Å². The molecule has 8 nitrogen and oxygen atoms in total. The Kier molecular flexibility index (Phi) is 35.9. The van der Waals surface area contributed by atoms with E-state index in [-0.39, 0.29) is 68.3 Å². The van der Waals surface area contributed by atoms with Crippen LogP contribution in [0.2, 0.25) is 0 Å². The van der Waals surface area contributed by atoms with Gasteiger partial charge in [-0.25, -0.2) is 0 Å². The van der Waals surface area contributed by atoms with Gasteiger partial charge in [-0.15, -0.1) is 0 Å². The van der Waals surface area contributed by atoms with Crippen LogP contribution in [0.3, 0.4) is 0 Å². The summed E-state index contributed by atoms with van der Waals surface area (Å²) in [5.41, 5.74) is 0.379. The number of hydrogen-bond acceptors (Lipinski definition) is 0. The molecule has 0 aromatic carbocycles. The molecule has 0 saturated heterocycles. The SMILES string of the molecule is CC[N-]C(C)=[NH+]C(C)(C)C.CC[N-]C(C)=[NH+]C(C)(C)C.CC[NH+]=C(C)[N-]C(C)(C)C.CC[NH+]=C(C)[N-]C(C)(C)C.[Mg+2].[Mg+2]. The van der Waals surface area contributed by atoms with Crippen molar-refractivity contribution < 1.29 is 20.0 Å². The molecule has 0 aliphatic rings. The van der Waals surface area contributed by atoms with Crippen LogP contribution < -0.4 is 20.0 Å². The summed E-state index contributed by atoms with van der Waals surface area (Å²) in [6.45, 7) is 45.1. The van der Waals surface area contributed by atoms with Crippen molar-refractivity contribution in [3.05, 3.63) is 21.3 Å². The van der Waals surface area contributed by atoms with E-state index in [1.165, 1.54) is 0 Å². The van der Waals surface area contributed by atoms with E-state index < -0.39 is 0 Å². The van der Waals surface area contributed by atoms with E-state index in [0.717, 1.165) is 49.5 Å². The molecular formula is C32H72Mg2N8+4. The molecule has 0 fully saturated rings. The van der Waals surface area contributed by atoms with Crippen LogP contribution >= 0.6 is 0 Å². The molecule has 0 amide bonds. The van der Waals surface area contributed by atoms with Crippen molar-refractivity contribution in [2.24, 2.45) is 0 Å². The summed E-state index contributed by atoms with van der Waals surface area (Å²) in [4.78, 5) is 12.8. The normalized spacial score (nSPS) is 12.9. The second kappa shape index (κ2) is 27.9. The van der Waals surface area contributed by atoms with Gasteiger partial charge >= 0.3 is 46.1 Å². The van der Waals surface area contributed by atoms with Crippen LogP contribution in [0.4, 0.5) is 0 Å². The quantitative estimate of drug-likeness (QED) is 0.210. The zero-order chi connectivity index (χ0) is 32.8. The monoisotopic (exact) mass is 617 g/mol. The molecule has 0 rings (SSSR count). The van der Waals surface area contributed by atoms with Crippen molar-refractivity contribution in [1.82, 2.24) is 0 Å².